The number of amides is 1. The molecule has 0 aliphatic carbocycles. The van der Waals surface area contributed by atoms with Crippen molar-refractivity contribution in [3.8, 4) is 0 Å². The van der Waals surface area contributed by atoms with Gasteiger partial charge in [0, 0.05) is 42.8 Å². The van der Waals surface area contributed by atoms with Crippen molar-refractivity contribution in [3.05, 3.63) is 53.9 Å². The minimum atomic E-state index is 0.123. The maximum Gasteiger partial charge on any atom is 0.227 e. The van der Waals surface area contributed by atoms with Gasteiger partial charge in [-0.1, -0.05) is 6.07 Å². The van der Waals surface area contributed by atoms with Crippen molar-refractivity contribution >= 4 is 5.91 Å². The first-order chi connectivity index (χ1) is 11.7. The number of aryl methyl sites for hydroxylation is 1. The highest BCUT2D eigenvalue weighted by Crippen LogP contribution is 2.14. The van der Waals surface area contributed by atoms with Gasteiger partial charge in [-0.2, -0.15) is 0 Å². The lowest BCUT2D eigenvalue weighted by molar-refractivity contribution is -0.130. The molecule has 0 saturated carbocycles. The summed E-state index contributed by atoms with van der Waals surface area (Å²) in [5.41, 5.74) is 2.90. The fourth-order valence-corrected chi connectivity index (χ4v) is 2.94. The highest BCUT2D eigenvalue weighted by atomic mass is 16.5. The normalized spacial score (nSPS) is 18.2. The van der Waals surface area contributed by atoms with Crippen molar-refractivity contribution in [2.24, 2.45) is 5.92 Å². The van der Waals surface area contributed by atoms with Crippen LogP contribution in [0.15, 0.2) is 36.9 Å². The summed E-state index contributed by atoms with van der Waals surface area (Å²) < 4.78 is 5.69. The van der Waals surface area contributed by atoms with E-state index in [1.165, 1.54) is 0 Å². The maximum atomic E-state index is 12.6. The van der Waals surface area contributed by atoms with E-state index in [-0.39, 0.29) is 11.8 Å². The fraction of sp³-hybridized carbons (Fsp3) is 0.444. The van der Waals surface area contributed by atoms with Crippen LogP contribution in [0.4, 0.5) is 0 Å². The highest BCUT2D eigenvalue weighted by molar-refractivity contribution is 5.78. The van der Waals surface area contributed by atoms with E-state index in [1.54, 1.807) is 18.7 Å². The molecule has 1 aliphatic rings. The molecule has 3 heterocycles. The van der Waals surface area contributed by atoms with Crippen LogP contribution in [0, 0.1) is 12.8 Å². The Labute approximate surface area is 141 Å². The molecule has 1 atom stereocenters. The fourth-order valence-electron chi connectivity index (χ4n) is 2.94. The Morgan fingerprint density at radius 3 is 3.12 bits per heavy atom. The van der Waals surface area contributed by atoms with E-state index in [4.69, 9.17) is 4.74 Å². The zero-order valence-electron chi connectivity index (χ0n) is 13.9. The van der Waals surface area contributed by atoms with E-state index < -0.39 is 0 Å². The average molecular weight is 326 g/mol. The standard InChI is InChI=1S/C18H22N4O2/c1-14-7-17(21-13-20-14)8-16-11-22(5-6-24-12-16)18(23)9-15-3-2-4-19-10-15/h2-4,7,10,13,16H,5-6,8-9,11-12H2,1H3. The Hall–Kier alpha value is -2.34. The lowest BCUT2D eigenvalue weighted by Crippen LogP contribution is -2.37. The third-order valence-corrected chi connectivity index (χ3v) is 4.13. The molecule has 0 spiro atoms. The topological polar surface area (TPSA) is 68.2 Å². The van der Waals surface area contributed by atoms with Gasteiger partial charge in [0.15, 0.2) is 0 Å². The molecule has 24 heavy (non-hydrogen) atoms. The van der Waals surface area contributed by atoms with Crippen LogP contribution in [0.2, 0.25) is 0 Å². The number of carbonyl (C=O) groups excluding carboxylic acids is 1. The van der Waals surface area contributed by atoms with Gasteiger partial charge in [0.25, 0.3) is 0 Å². The molecule has 1 saturated heterocycles. The van der Waals surface area contributed by atoms with Gasteiger partial charge in [0.2, 0.25) is 5.91 Å². The number of ether oxygens (including phenoxy) is 1. The predicted octanol–water partition coefficient (Wildman–Crippen LogP) is 1.44. The van der Waals surface area contributed by atoms with Crippen molar-refractivity contribution in [1.82, 2.24) is 19.9 Å². The zero-order chi connectivity index (χ0) is 16.8. The van der Waals surface area contributed by atoms with Crippen molar-refractivity contribution in [1.29, 1.82) is 0 Å². The summed E-state index contributed by atoms with van der Waals surface area (Å²) >= 11 is 0. The van der Waals surface area contributed by atoms with Crippen molar-refractivity contribution in [2.45, 2.75) is 19.8 Å². The molecule has 0 aromatic carbocycles. The Bertz CT molecular complexity index is 678. The van der Waals surface area contributed by atoms with Gasteiger partial charge in [-0.25, -0.2) is 9.97 Å². The minimum Gasteiger partial charge on any atom is -0.379 e. The Morgan fingerprint density at radius 2 is 2.33 bits per heavy atom. The molecule has 1 aliphatic heterocycles. The monoisotopic (exact) mass is 326 g/mol. The van der Waals surface area contributed by atoms with Crippen LogP contribution in [-0.4, -0.2) is 52.1 Å². The summed E-state index contributed by atoms with van der Waals surface area (Å²) in [6.45, 7) is 4.52. The molecule has 0 bridgehead atoms. The summed E-state index contributed by atoms with van der Waals surface area (Å²) in [4.78, 5) is 27.0. The molecule has 126 valence electrons. The van der Waals surface area contributed by atoms with Crippen LogP contribution in [0.1, 0.15) is 17.0 Å². The third kappa shape index (κ3) is 4.58. The van der Waals surface area contributed by atoms with Crippen molar-refractivity contribution in [2.75, 3.05) is 26.3 Å². The quantitative estimate of drug-likeness (QED) is 0.850. The highest BCUT2D eigenvalue weighted by Gasteiger charge is 2.23. The van der Waals surface area contributed by atoms with Crippen LogP contribution in [-0.2, 0) is 22.4 Å². The molecule has 6 heteroatoms. The predicted molar refractivity (Wildman–Crippen MR) is 89.3 cm³/mol. The van der Waals surface area contributed by atoms with Crippen LogP contribution in [0.25, 0.3) is 0 Å². The largest absolute Gasteiger partial charge is 0.379 e. The number of carbonyl (C=O) groups is 1. The lowest BCUT2D eigenvalue weighted by Gasteiger charge is -2.23. The number of pyridine rings is 1. The smallest absolute Gasteiger partial charge is 0.227 e. The Morgan fingerprint density at radius 1 is 1.42 bits per heavy atom. The lowest BCUT2D eigenvalue weighted by atomic mass is 10.0. The molecule has 3 rings (SSSR count). The SMILES string of the molecule is Cc1cc(CC2COCCN(C(=O)Cc3cccnc3)C2)ncn1. The van der Waals surface area contributed by atoms with E-state index in [9.17, 15) is 4.79 Å². The molecule has 2 aromatic rings. The number of aromatic nitrogens is 3. The van der Waals surface area contributed by atoms with E-state index in [2.05, 4.69) is 15.0 Å². The van der Waals surface area contributed by atoms with Crippen molar-refractivity contribution in [3.63, 3.8) is 0 Å². The molecule has 1 unspecified atom stereocenters. The Kier molecular flexibility index (Phi) is 5.48. The molecule has 1 amide bonds. The summed E-state index contributed by atoms with van der Waals surface area (Å²) in [6.07, 6.45) is 6.22. The summed E-state index contributed by atoms with van der Waals surface area (Å²) in [6, 6.07) is 5.78. The molecular formula is C18H22N4O2. The minimum absolute atomic E-state index is 0.123. The average Bonchev–Trinajstić information content (AvgIpc) is 2.81. The van der Waals surface area contributed by atoms with Gasteiger partial charge in [0.1, 0.15) is 6.33 Å². The number of rotatable bonds is 4. The second-order valence-corrected chi connectivity index (χ2v) is 6.17. The van der Waals surface area contributed by atoms with Gasteiger partial charge in [0.05, 0.1) is 19.6 Å². The first-order valence-electron chi connectivity index (χ1n) is 8.22. The van der Waals surface area contributed by atoms with Gasteiger partial charge in [-0.05, 0) is 31.0 Å². The summed E-state index contributed by atoms with van der Waals surface area (Å²) in [5, 5.41) is 0. The van der Waals surface area contributed by atoms with Gasteiger partial charge < -0.3 is 9.64 Å². The molecule has 0 radical (unpaired) electrons. The van der Waals surface area contributed by atoms with Gasteiger partial charge >= 0.3 is 0 Å². The molecule has 0 N–H and O–H groups in total. The van der Waals surface area contributed by atoms with Crippen LogP contribution < -0.4 is 0 Å². The molecule has 2 aromatic heterocycles. The van der Waals surface area contributed by atoms with Crippen LogP contribution in [0.5, 0.6) is 0 Å². The molecule has 1 fully saturated rings. The molecule has 6 nitrogen and oxygen atoms in total. The van der Waals surface area contributed by atoms with Gasteiger partial charge in [-0.3, -0.25) is 9.78 Å². The van der Waals surface area contributed by atoms with E-state index >= 15 is 0 Å². The van der Waals surface area contributed by atoms with Crippen molar-refractivity contribution < 1.29 is 9.53 Å². The molecular weight excluding hydrogens is 304 g/mol. The second-order valence-electron chi connectivity index (χ2n) is 6.17. The van der Waals surface area contributed by atoms with E-state index in [0.717, 1.165) is 23.4 Å². The van der Waals surface area contributed by atoms with Crippen LogP contribution in [0.3, 0.4) is 0 Å². The maximum absolute atomic E-state index is 12.6. The zero-order valence-corrected chi connectivity index (χ0v) is 13.9. The first-order valence-corrected chi connectivity index (χ1v) is 8.22. The number of nitrogens with zero attached hydrogens (tertiary/aromatic N) is 4. The van der Waals surface area contributed by atoms with Crippen LogP contribution >= 0.6 is 0 Å². The number of hydrogen-bond donors (Lipinski definition) is 0. The first kappa shape index (κ1) is 16.5. The summed E-state index contributed by atoms with van der Waals surface area (Å²) in [5.74, 6) is 0.372. The number of hydrogen-bond acceptors (Lipinski definition) is 5. The second kappa shape index (κ2) is 7.97. The third-order valence-electron chi connectivity index (χ3n) is 4.13. The van der Waals surface area contributed by atoms with E-state index in [1.807, 2.05) is 30.0 Å². The van der Waals surface area contributed by atoms with Gasteiger partial charge in [-0.15, -0.1) is 0 Å². The summed E-state index contributed by atoms with van der Waals surface area (Å²) in [7, 11) is 0. The Balaban J connectivity index is 1.62. The van der Waals surface area contributed by atoms with E-state index in [0.29, 0.717) is 32.7 Å².